The lowest BCUT2D eigenvalue weighted by Gasteiger charge is -2.39. The van der Waals surface area contributed by atoms with Crippen LogP contribution in [0.25, 0.3) is 0 Å². The minimum atomic E-state index is -0.283. The number of carbonyl (C=O) groups is 1. The maximum atomic E-state index is 12.5. The van der Waals surface area contributed by atoms with Crippen LogP contribution in [0.1, 0.15) is 45.4 Å². The van der Waals surface area contributed by atoms with E-state index in [2.05, 4.69) is 18.9 Å². The average Bonchev–Trinajstić information content (AvgIpc) is 2.39. The zero-order valence-electron chi connectivity index (χ0n) is 12.9. The van der Waals surface area contributed by atoms with Crippen LogP contribution in [-0.4, -0.2) is 54.5 Å². The molecule has 0 spiro atoms. The van der Waals surface area contributed by atoms with Gasteiger partial charge in [-0.2, -0.15) is 0 Å². The number of nitrogens with zero attached hydrogens (tertiary/aromatic N) is 2. The van der Waals surface area contributed by atoms with E-state index in [0.717, 1.165) is 26.1 Å². The van der Waals surface area contributed by atoms with Gasteiger partial charge in [0.2, 0.25) is 5.91 Å². The van der Waals surface area contributed by atoms with Crippen molar-refractivity contribution < 1.29 is 4.79 Å². The number of rotatable bonds is 3. The van der Waals surface area contributed by atoms with Crippen molar-refractivity contribution in [3.8, 4) is 0 Å². The molecule has 20 heavy (non-hydrogen) atoms. The van der Waals surface area contributed by atoms with Crippen molar-refractivity contribution in [1.82, 2.24) is 9.80 Å². The number of hydrogen-bond donors (Lipinski definition) is 1. The number of halogens is 1. The van der Waals surface area contributed by atoms with Crippen molar-refractivity contribution in [3.63, 3.8) is 0 Å². The van der Waals surface area contributed by atoms with Crippen molar-refractivity contribution >= 4 is 18.3 Å². The maximum Gasteiger partial charge on any atom is 0.239 e. The minimum Gasteiger partial charge on any atom is -0.336 e. The van der Waals surface area contributed by atoms with Gasteiger partial charge in [0.15, 0.2) is 0 Å². The molecule has 0 radical (unpaired) electrons. The molecule has 2 N–H and O–H groups in total. The largest absolute Gasteiger partial charge is 0.336 e. The summed E-state index contributed by atoms with van der Waals surface area (Å²) in [5.74, 6) is 0.849. The summed E-state index contributed by atoms with van der Waals surface area (Å²) in [6.07, 6.45) is 7.40. The molecule has 0 aromatic carbocycles. The molecule has 118 valence electrons. The zero-order valence-corrected chi connectivity index (χ0v) is 13.7. The molecule has 1 saturated heterocycles. The van der Waals surface area contributed by atoms with Crippen molar-refractivity contribution in [3.05, 3.63) is 0 Å². The Balaban J connectivity index is 0.00000200. The van der Waals surface area contributed by atoms with Crippen LogP contribution in [0.2, 0.25) is 0 Å². The van der Waals surface area contributed by atoms with Crippen LogP contribution in [-0.2, 0) is 4.79 Å². The van der Waals surface area contributed by atoms with E-state index in [9.17, 15) is 4.79 Å². The second-order valence-corrected chi connectivity index (χ2v) is 6.49. The van der Waals surface area contributed by atoms with Crippen molar-refractivity contribution in [2.45, 2.75) is 57.5 Å². The van der Waals surface area contributed by atoms with Gasteiger partial charge in [0.25, 0.3) is 0 Å². The zero-order chi connectivity index (χ0) is 13.8. The third-order valence-electron chi connectivity index (χ3n) is 4.74. The van der Waals surface area contributed by atoms with Gasteiger partial charge in [-0.25, -0.2) is 0 Å². The highest BCUT2D eigenvalue weighted by Crippen LogP contribution is 2.27. The monoisotopic (exact) mass is 303 g/mol. The normalized spacial score (nSPS) is 26.9. The number of likely N-dealkylation sites (N-methyl/N-ethyl adjacent to an activating group) is 1. The smallest absolute Gasteiger partial charge is 0.239 e. The van der Waals surface area contributed by atoms with Gasteiger partial charge in [-0.3, -0.25) is 4.79 Å². The van der Waals surface area contributed by atoms with E-state index in [4.69, 9.17) is 5.73 Å². The molecule has 1 aliphatic heterocycles. The Labute approximate surface area is 129 Å². The Kier molecular flexibility index (Phi) is 7.27. The number of amides is 1. The topological polar surface area (TPSA) is 49.6 Å². The van der Waals surface area contributed by atoms with E-state index in [-0.39, 0.29) is 24.4 Å². The van der Waals surface area contributed by atoms with Gasteiger partial charge >= 0.3 is 0 Å². The Morgan fingerprint density at radius 2 is 1.90 bits per heavy atom. The first-order chi connectivity index (χ1) is 9.08. The fourth-order valence-corrected chi connectivity index (χ4v) is 3.56. The molecular weight excluding hydrogens is 274 g/mol. The third-order valence-corrected chi connectivity index (χ3v) is 4.74. The highest BCUT2D eigenvalue weighted by Gasteiger charge is 2.30. The second kappa shape index (κ2) is 8.20. The van der Waals surface area contributed by atoms with Crippen LogP contribution < -0.4 is 5.73 Å². The molecule has 0 aromatic rings. The molecule has 2 fully saturated rings. The summed E-state index contributed by atoms with van der Waals surface area (Å²) in [5.41, 5.74) is 6.17. The minimum absolute atomic E-state index is 0. The Morgan fingerprint density at radius 3 is 2.50 bits per heavy atom. The number of carbonyl (C=O) groups excluding carboxylic acids is 1. The number of piperazine rings is 1. The lowest BCUT2D eigenvalue weighted by atomic mass is 9.84. The van der Waals surface area contributed by atoms with Crippen LogP contribution in [0.3, 0.4) is 0 Å². The van der Waals surface area contributed by atoms with E-state index < -0.39 is 0 Å². The van der Waals surface area contributed by atoms with Crippen LogP contribution >= 0.6 is 12.4 Å². The summed E-state index contributed by atoms with van der Waals surface area (Å²) in [4.78, 5) is 16.7. The lowest BCUT2D eigenvalue weighted by molar-refractivity contribution is -0.137. The molecule has 1 saturated carbocycles. The van der Waals surface area contributed by atoms with Crippen LogP contribution in [0.5, 0.6) is 0 Å². The molecule has 0 aromatic heterocycles. The molecule has 2 rings (SSSR count). The summed E-state index contributed by atoms with van der Waals surface area (Å²) >= 11 is 0. The van der Waals surface area contributed by atoms with Gasteiger partial charge in [-0.15, -0.1) is 12.4 Å². The second-order valence-electron chi connectivity index (χ2n) is 6.49. The first kappa shape index (κ1) is 17.7. The first-order valence-electron chi connectivity index (χ1n) is 7.82. The van der Waals surface area contributed by atoms with Crippen molar-refractivity contribution in [2.75, 3.05) is 26.7 Å². The highest BCUT2D eigenvalue weighted by molar-refractivity contribution is 5.85. The predicted molar refractivity (Wildman–Crippen MR) is 85.1 cm³/mol. The molecule has 2 aliphatic rings. The molecule has 2 unspecified atom stereocenters. The van der Waals surface area contributed by atoms with Gasteiger partial charge in [0.05, 0.1) is 6.04 Å². The van der Waals surface area contributed by atoms with Gasteiger partial charge in [-0.1, -0.05) is 32.1 Å². The molecule has 2 atom stereocenters. The summed E-state index contributed by atoms with van der Waals surface area (Å²) in [5, 5.41) is 0. The molecule has 1 heterocycles. The van der Waals surface area contributed by atoms with Gasteiger partial charge in [0, 0.05) is 25.7 Å². The van der Waals surface area contributed by atoms with E-state index in [1.54, 1.807) is 0 Å². The first-order valence-corrected chi connectivity index (χ1v) is 7.82. The van der Waals surface area contributed by atoms with E-state index >= 15 is 0 Å². The van der Waals surface area contributed by atoms with Gasteiger partial charge in [-0.05, 0) is 26.3 Å². The molecule has 4 nitrogen and oxygen atoms in total. The van der Waals surface area contributed by atoms with Crippen LogP contribution in [0, 0.1) is 5.92 Å². The van der Waals surface area contributed by atoms with E-state index in [1.165, 1.54) is 32.1 Å². The summed E-state index contributed by atoms with van der Waals surface area (Å²) < 4.78 is 0. The van der Waals surface area contributed by atoms with Gasteiger partial charge in [0.1, 0.15) is 0 Å². The SMILES string of the molecule is CC1CN(C)CCN1C(=O)C(N)CC1CCCCC1.Cl. The molecule has 5 heteroatoms. The summed E-state index contributed by atoms with van der Waals surface area (Å²) in [7, 11) is 2.11. The molecular formula is C15H30ClN3O. The van der Waals surface area contributed by atoms with Crippen LogP contribution in [0.4, 0.5) is 0 Å². The van der Waals surface area contributed by atoms with Crippen LogP contribution in [0.15, 0.2) is 0 Å². The third kappa shape index (κ3) is 4.61. The Bertz CT molecular complexity index is 307. The standard InChI is InChI=1S/C15H29N3O.ClH/c1-12-11-17(2)8-9-18(12)15(19)14(16)10-13-6-4-3-5-7-13;/h12-14H,3-11,16H2,1-2H3;1H. The Morgan fingerprint density at radius 1 is 1.25 bits per heavy atom. The quantitative estimate of drug-likeness (QED) is 0.866. The fourth-order valence-electron chi connectivity index (χ4n) is 3.56. The highest BCUT2D eigenvalue weighted by atomic mass is 35.5. The predicted octanol–water partition coefficient (Wildman–Crippen LogP) is 1.87. The van der Waals surface area contributed by atoms with Crippen molar-refractivity contribution in [1.29, 1.82) is 0 Å². The molecule has 0 bridgehead atoms. The fraction of sp³-hybridized carbons (Fsp3) is 0.933. The number of hydrogen-bond acceptors (Lipinski definition) is 3. The maximum absolute atomic E-state index is 12.5. The van der Waals surface area contributed by atoms with Crippen molar-refractivity contribution in [2.24, 2.45) is 11.7 Å². The average molecular weight is 304 g/mol. The van der Waals surface area contributed by atoms with Gasteiger partial charge < -0.3 is 15.5 Å². The Hall–Kier alpha value is -0.320. The van der Waals surface area contributed by atoms with E-state index in [0.29, 0.717) is 12.0 Å². The molecule has 1 aliphatic carbocycles. The molecule has 1 amide bonds. The summed E-state index contributed by atoms with van der Waals surface area (Å²) in [6, 6.07) is 0.0117. The van der Waals surface area contributed by atoms with E-state index in [1.807, 2.05) is 4.90 Å². The summed E-state index contributed by atoms with van der Waals surface area (Å²) in [6.45, 7) is 4.88. The number of nitrogens with two attached hydrogens (primary N) is 1. The lowest BCUT2D eigenvalue weighted by Crippen LogP contribution is -2.56.